The van der Waals surface area contributed by atoms with Gasteiger partial charge in [0.05, 0.1) is 7.11 Å². The highest BCUT2D eigenvalue weighted by Crippen LogP contribution is 2.18. The van der Waals surface area contributed by atoms with Gasteiger partial charge in [-0.05, 0) is 12.0 Å². The van der Waals surface area contributed by atoms with Gasteiger partial charge in [-0.3, -0.25) is 0 Å². The number of alkyl halides is 1. The minimum atomic E-state index is -0.620. The number of ether oxygens (including phenoxy) is 2. The fraction of sp³-hybridized carbons (Fsp3) is 0.417. The van der Waals surface area contributed by atoms with Crippen molar-refractivity contribution in [3.05, 3.63) is 35.9 Å². The SMILES string of the molecule is COC(=O)C(OCCCBr)c1ccccc1. The lowest BCUT2D eigenvalue weighted by Crippen LogP contribution is -2.18. The number of carbonyl (C=O) groups is 1. The lowest BCUT2D eigenvalue weighted by Gasteiger charge is -2.15. The van der Waals surface area contributed by atoms with E-state index in [9.17, 15) is 4.79 Å². The molecule has 0 amide bonds. The number of halogens is 1. The summed E-state index contributed by atoms with van der Waals surface area (Å²) in [6.45, 7) is 0.528. The highest BCUT2D eigenvalue weighted by Gasteiger charge is 2.21. The number of hydrogen-bond donors (Lipinski definition) is 0. The Hall–Kier alpha value is -0.870. The fourth-order valence-electron chi connectivity index (χ4n) is 1.29. The van der Waals surface area contributed by atoms with Gasteiger partial charge in [0.25, 0.3) is 0 Å². The Bertz CT molecular complexity index is 313. The van der Waals surface area contributed by atoms with Gasteiger partial charge in [-0.2, -0.15) is 0 Å². The lowest BCUT2D eigenvalue weighted by atomic mass is 10.1. The van der Waals surface area contributed by atoms with Crippen LogP contribution in [0.5, 0.6) is 0 Å². The number of benzene rings is 1. The van der Waals surface area contributed by atoms with E-state index >= 15 is 0 Å². The summed E-state index contributed by atoms with van der Waals surface area (Å²) in [5, 5.41) is 0.857. The molecule has 0 fully saturated rings. The largest absolute Gasteiger partial charge is 0.467 e. The maximum atomic E-state index is 11.5. The van der Waals surface area contributed by atoms with Crippen molar-refractivity contribution >= 4 is 21.9 Å². The predicted octanol–water partition coefficient (Wildman–Crippen LogP) is 2.70. The Morgan fingerprint density at radius 3 is 2.62 bits per heavy atom. The van der Waals surface area contributed by atoms with Gasteiger partial charge in [0, 0.05) is 11.9 Å². The van der Waals surface area contributed by atoms with E-state index in [-0.39, 0.29) is 5.97 Å². The third-order valence-electron chi connectivity index (χ3n) is 2.08. The first-order valence-electron chi connectivity index (χ1n) is 5.10. The molecule has 1 atom stereocenters. The van der Waals surface area contributed by atoms with E-state index in [1.807, 2.05) is 30.3 Å². The molecule has 0 aliphatic rings. The molecule has 16 heavy (non-hydrogen) atoms. The Morgan fingerprint density at radius 1 is 1.38 bits per heavy atom. The Kier molecular flexibility index (Phi) is 6.11. The second kappa shape index (κ2) is 7.41. The number of rotatable bonds is 6. The molecule has 0 aliphatic heterocycles. The molecule has 1 unspecified atom stereocenters. The van der Waals surface area contributed by atoms with Crippen LogP contribution >= 0.6 is 15.9 Å². The monoisotopic (exact) mass is 286 g/mol. The van der Waals surface area contributed by atoms with Crippen molar-refractivity contribution < 1.29 is 14.3 Å². The maximum Gasteiger partial charge on any atom is 0.339 e. The van der Waals surface area contributed by atoms with Gasteiger partial charge in [0.1, 0.15) is 0 Å². The second-order valence-electron chi connectivity index (χ2n) is 3.23. The molecule has 3 nitrogen and oxygen atoms in total. The molecule has 0 bridgehead atoms. The minimum Gasteiger partial charge on any atom is -0.467 e. The fourth-order valence-corrected chi connectivity index (χ4v) is 1.52. The molecule has 4 heteroatoms. The standard InChI is InChI=1S/C12H15BrO3/c1-15-12(14)11(16-9-5-8-13)10-6-3-2-4-7-10/h2-4,6-7,11H,5,8-9H2,1H3. The van der Waals surface area contributed by atoms with Crippen molar-refractivity contribution in [3.63, 3.8) is 0 Å². The van der Waals surface area contributed by atoms with Crippen LogP contribution in [0.3, 0.4) is 0 Å². The summed E-state index contributed by atoms with van der Waals surface area (Å²) in [4.78, 5) is 11.5. The summed E-state index contributed by atoms with van der Waals surface area (Å²) in [5.74, 6) is -0.360. The molecule has 0 aromatic heterocycles. The summed E-state index contributed by atoms with van der Waals surface area (Å²) >= 11 is 3.31. The smallest absolute Gasteiger partial charge is 0.339 e. The van der Waals surface area contributed by atoms with Crippen molar-refractivity contribution in [3.8, 4) is 0 Å². The summed E-state index contributed by atoms with van der Waals surface area (Å²) in [7, 11) is 1.37. The van der Waals surface area contributed by atoms with Crippen LogP contribution in [0.15, 0.2) is 30.3 Å². The van der Waals surface area contributed by atoms with Crippen molar-refractivity contribution in [1.82, 2.24) is 0 Å². The second-order valence-corrected chi connectivity index (χ2v) is 4.02. The van der Waals surface area contributed by atoms with Gasteiger partial charge >= 0.3 is 5.97 Å². The first-order valence-corrected chi connectivity index (χ1v) is 6.22. The van der Waals surface area contributed by atoms with Gasteiger partial charge in [-0.15, -0.1) is 0 Å². The predicted molar refractivity (Wildman–Crippen MR) is 65.6 cm³/mol. The highest BCUT2D eigenvalue weighted by atomic mass is 79.9. The van der Waals surface area contributed by atoms with E-state index in [1.165, 1.54) is 7.11 Å². The average Bonchev–Trinajstić information content (AvgIpc) is 2.35. The zero-order valence-electron chi connectivity index (χ0n) is 9.19. The summed E-state index contributed by atoms with van der Waals surface area (Å²) in [6.07, 6.45) is 0.241. The van der Waals surface area contributed by atoms with Gasteiger partial charge in [-0.1, -0.05) is 46.3 Å². The topological polar surface area (TPSA) is 35.5 Å². The molecule has 1 aromatic rings. The maximum absolute atomic E-state index is 11.5. The molecular weight excluding hydrogens is 272 g/mol. The van der Waals surface area contributed by atoms with E-state index < -0.39 is 6.10 Å². The number of methoxy groups -OCH3 is 1. The lowest BCUT2D eigenvalue weighted by molar-refractivity contribution is -0.154. The zero-order valence-corrected chi connectivity index (χ0v) is 10.8. The number of hydrogen-bond acceptors (Lipinski definition) is 3. The first kappa shape index (κ1) is 13.2. The van der Waals surface area contributed by atoms with Crippen molar-refractivity contribution in [2.45, 2.75) is 12.5 Å². The molecule has 1 aromatic carbocycles. The van der Waals surface area contributed by atoms with Crippen LogP contribution in [0.1, 0.15) is 18.1 Å². The van der Waals surface area contributed by atoms with Crippen LogP contribution in [-0.4, -0.2) is 25.0 Å². The molecule has 0 heterocycles. The molecule has 0 spiro atoms. The Labute approximate surface area is 104 Å². The third-order valence-corrected chi connectivity index (χ3v) is 2.64. The van der Waals surface area contributed by atoms with E-state index in [0.29, 0.717) is 6.61 Å². The van der Waals surface area contributed by atoms with Crippen molar-refractivity contribution in [1.29, 1.82) is 0 Å². The van der Waals surface area contributed by atoms with E-state index in [1.54, 1.807) is 0 Å². The van der Waals surface area contributed by atoms with E-state index in [0.717, 1.165) is 17.3 Å². The summed E-state index contributed by atoms with van der Waals surface area (Å²) in [6, 6.07) is 9.36. The normalized spacial score (nSPS) is 12.1. The molecule has 0 N–H and O–H groups in total. The van der Waals surface area contributed by atoms with Crippen LogP contribution in [0.2, 0.25) is 0 Å². The third kappa shape index (κ3) is 3.94. The molecule has 0 saturated heterocycles. The molecule has 0 saturated carbocycles. The summed E-state index contributed by atoms with van der Waals surface area (Å²) < 4.78 is 10.2. The molecule has 1 rings (SSSR count). The summed E-state index contributed by atoms with van der Waals surface area (Å²) in [5.41, 5.74) is 0.823. The highest BCUT2D eigenvalue weighted by molar-refractivity contribution is 9.09. The minimum absolute atomic E-state index is 0.360. The van der Waals surface area contributed by atoms with Crippen LogP contribution in [0.4, 0.5) is 0 Å². The van der Waals surface area contributed by atoms with Gasteiger partial charge < -0.3 is 9.47 Å². The van der Waals surface area contributed by atoms with Gasteiger partial charge in [-0.25, -0.2) is 4.79 Å². The number of esters is 1. The van der Waals surface area contributed by atoms with Crippen LogP contribution in [0, 0.1) is 0 Å². The Morgan fingerprint density at radius 2 is 2.06 bits per heavy atom. The molecule has 0 aliphatic carbocycles. The van der Waals surface area contributed by atoms with Crippen molar-refractivity contribution in [2.24, 2.45) is 0 Å². The number of carbonyl (C=O) groups excluding carboxylic acids is 1. The van der Waals surface area contributed by atoms with Crippen LogP contribution in [0.25, 0.3) is 0 Å². The van der Waals surface area contributed by atoms with Gasteiger partial charge in [0.15, 0.2) is 6.10 Å². The van der Waals surface area contributed by atoms with Crippen LogP contribution in [-0.2, 0) is 14.3 Å². The van der Waals surface area contributed by atoms with E-state index in [2.05, 4.69) is 15.9 Å². The molecule has 0 radical (unpaired) electrons. The molecular formula is C12H15BrO3. The first-order chi connectivity index (χ1) is 7.79. The van der Waals surface area contributed by atoms with Gasteiger partial charge in [0.2, 0.25) is 0 Å². The molecule has 88 valence electrons. The van der Waals surface area contributed by atoms with Crippen LogP contribution < -0.4 is 0 Å². The zero-order chi connectivity index (χ0) is 11.8. The van der Waals surface area contributed by atoms with Crippen molar-refractivity contribution in [2.75, 3.05) is 19.0 Å². The average molecular weight is 287 g/mol. The quantitative estimate of drug-likeness (QED) is 0.458. The Balaban J connectivity index is 2.68. The van der Waals surface area contributed by atoms with E-state index in [4.69, 9.17) is 9.47 Å².